The summed E-state index contributed by atoms with van der Waals surface area (Å²) in [4.78, 5) is 14.0. The number of rotatable bonds is 3. The summed E-state index contributed by atoms with van der Waals surface area (Å²) in [6, 6.07) is 8.08. The molecule has 2 aromatic rings. The summed E-state index contributed by atoms with van der Waals surface area (Å²) in [6.07, 6.45) is 0.504. The molecule has 2 aliphatic heterocycles. The van der Waals surface area contributed by atoms with Crippen LogP contribution in [0.5, 0.6) is 0 Å². The minimum Gasteiger partial charge on any atom is -0.444 e. The van der Waals surface area contributed by atoms with Crippen molar-refractivity contribution >= 4 is 72.5 Å². The molecule has 0 bridgehead atoms. The number of sulfonamides is 1. The van der Waals surface area contributed by atoms with Crippen molar-refractivity contribution in [2.24, 2.45) is 0 Å². The molecule has 0 unspecified atom stereocenters. The average molecular weight is 555 g/mol. The van der Waals surface area contributed by atoms with Crippen LogP contribution in [0.1, 0.15) is 18.4 Å². The Morgan fingerprint density at radius 3 is 2.37 bits per heavy atom. The molecule has 1 amide bonds. The first-order valence-electron chi connectivity index (χ1n) is 9.07. The first kappa shape index (κ1) is 22.2. The van der Waals surface area contributed by atoms with Gasteiger partial charge >= 0.3 is 6.09 Å². The van der Waals surface area contributed by atoms with E-state index in [1.807, 2.05) is 18.2 Å². The maximum absolute atomic E-state index is 13.1. The molecule has 2 heterocycles. The average Bonchev–Trinajstić information content (AvgIpc) is 2.71. The van der Waals surface area contributed by atoms with Crippen LogP contribution in [0.2, 0.25) is 15.1 Å². The molecule has 11 heteroatoms. The normalized spacial score (nSPS) is 18.3. The first-order chi connectivity index (χ1) is 14.2. The van der Waals surface area contributed by atoms with Crippen LogP contribution in [0.3, 0.4) is 0 Å². The van der Waals surface area contributed by atoms with Crippen molar-refractivity contribution in [3.05, 3.63) is 55.4 Å². The highest BCUT2D eigenvalue weighted by atomic mass is 79.9. The lowest BCUT2D eigenvalue weighted by atomic mass is 10.0. The van der Waals surface area contributed by atoms with E-state index in [1.54, 1.807) is 4.90 Å². The van der Waals surface area contributed by atoms with Crippen LogP contribution in [0, 0.1) is 0 Å². The fourth-order valence-corrected chi connectivity index (χ4v) is 6.59. The van der Waals surface area contributed by atoms with Gasteiger partial charge in [0.1, 0.15) is 11.5 Å². The van der Waals surface area contributed by atoms with Crippen LogP contribution < -0.4 is 4.90 Å². The predicted octanol–water partition coefficient (Wildman–Crippen LogP) is 5.72. The fourth-order valence-electron chi connectivity index (χ4n) is 3.74. The number of carbonyl (C=O) groups excluding carboxylic acids is 1. The van der Waals surface area contributed by atoms with Crippen LogP contribution in [0.4, 0.5) is 10.5 Å². The number of cyclic esters (lactones) is 1. The number of benzene rings is 2. The topological polar surface area (TPSA) is 66.9 Å². The van der Waals surface area contributed by atoms with E-state index < -0.39 is 16.1 Å². The SMILES string of the molecule is O=C1OCc2cc(Br)ccc2N1C1CCN(S(=O)(=O)c2cc(Cl)c(Cl)cc2Cl)CC1. The Balaban J connectivity index is 1.55. The molecule has 4 rings (SSSR count). The highest BCUT2D eigenvalue weighted by molar-refractivity contribution is 9.10. The molecule has 1 saturated heterocycles. The van der Waals surface area contributed by atoms with E-state index in [4.69, 9.17) is 39.5 Å². The lowest BCUT2D eigenvalue weighted by Crippen LogP contribution is -2.50. The van der Waals surface area contributed by atoms with E-state index in [2.05, 4.69) is 15.9 Å². The highest BCUT2D eigenvalue weighted by Crippen LogP contribution is 2.36. The maximum Gasteiger partial charge on any atom is 0.414 e. The molecule has 0 aliphatic carbocycles. The van der Waals surface area contributed by atoms with Gasteiger partial charge in [-0.15, -0.1) is 0 Å². The Bertz CT molecular complexity index is 1120. The van der Waals surface area contributed by atoms with Crippen LogP contribution in [0.15, 0.2) is 39.7 Å². The Kier molecular flexibility index (Phi) is 6.27. The van der Waals surface area contributed by atoms with E-state index in [9.17, 15) is 13.2 Å². The summed E-state index contributed by atoms with van der Waals surface area (Å²) >= 11 is 21.5. The number of amides is 1. The van der Waals surface area contributed by atoms with Gasteiger partial charge in [0.25, 0.3) is 0 Å². The summed E-state index contributed by atoms with van der Waals surface area (Å²) < 4.78 is 33.7. The van der Waals surface area contributed by atoms with Gasteiger partial charge in [0.05, 0.1) is 20.8 Å². The number of carbonyl (C=O) groups is 1. The standard InChI is InChI=1S/C19H16BrCl3N2O4S/c20-12-1-2-17-11(7-12)10-29-19(26)25(17)13-3-5-24(6-4-13)30(27,28)18-9-15(22)14(21)8-16(18)23/h1-2,7-9,13H,3-6,10H2. The Hall–Kier alpha value is -1.03. The predicted molar refractivity (Wildman–Crippen MR) is 120 cm³/mol. The zero-order valence-electron chi connectivity index (χ0n) is 15.4. The van der Waals surface area contributed by atoms with Gasteiger partial charge in [0.2, 0.25) is 10.0 Å². The molecule has 2 aromatic carbocycles. The van der Waals surface area contributed by atoms with Gasteiger partial charge in [-0.25, -0.2) is 13.2 Å². The molecular formula is C19H16BrCl3N2O4S. The summed E-state index contributed by atoms with van der Waals surface area (Å²) in [7, 11) is -3.85. The molecule has 0 spiro atoms. The molecule has 0 radical (unpaired) electrons. The van der Waals surface area contributed by atoms with E-state index in [0.717, 1.165) is 15.7 Å². The van der Waals surface area contributed by atoms with Gasteiger partial charge in [-0.2, -0.15) is 4.31 Å². The van der Waals surface area contributed by atoms with E-state index in [-0.39, 0.29) is 45.7 Å². The minimum absolute atomic E-state index is 0.0191. The number of hydrogen-bond acceptors (Lipinski definition) is 4. The summed E-state index contributed by atoms with van der Waals surface area (Å²) in [5.41, 5.74) is 1.70. The lowest BCUT2D eigenvalue weighted by Gasteiger charge is -2.39. The third kappa shape index (κ3) is 4.06. The van der Waals surface area contributed by atoms with Gasteiger partial charge in [-0.05, 0) is 43.2 Å². The largest absolute Gasteiger partial charge is 0.444 e. The molecule has 0 aromatic heterocycles. The Labute approximate surface area is 197 Å². The van der Waals surface area contributed by atoms with Crippen molar-refractivity contribution < 1.29 is 17.9 Å². The molecule has 6 nitrogen and oxygen atoms in total. The fraction of sp³-hybridized carbons (Fsp3) is 0.316. The number of piperidine rings is 1. The second-order valence-electron chi connectivity index (χ2n) is 7.03. The van der Waals surface area contributed by atoms with E-state index in [0.29, 0.717) is 12.8 Å². The minimum atomic E-state index is -3.85. The third-order valence-electron chi connectivity index (χ3n) is 5.23. The summed E-state index contributed by atoms with van der Waals surface area (Å²) in [5.74, 6) is 0. The summed E-state index contributed by atoms with van der Waals surface area (Å²) in [6.45, 7) is 0.686. The third-order valence-corrected chi connectivity index (χ3v) is 8.81. The molecule has 1 fully saturated rings. The lowest BCUT2D eigenvalue weighted by molar-refractivity contribution is 0.135. The zero-order chi connectivity index (χ0) is 21.6. The second kappa shape index (κ2) is 8.48. The van der Waals surface area contributed by atoms with Crippen LogP contribution in [-0.4, -0.2) is 37.9 Å². The quantitative estimate of drug-likeness (QED) is 0.456. The second-order valence-corrected chi connectivity index (χ2v) is 11.1. The first-order valence-corrected chi connectivity index (χ1v) is 12.4. The van der Waals surface area contributed by atoms with Crippen molar-refractivity contribution in [1.29, 1.82) is 0 Å². The molecule has 30 heavy (non-hydrogen) atoms. The molecule has 2 aliphatic rings. The Morgan fingerprint density at radius 2 is 1.67 bits per heavy atom. The number of fused-ring (bicyclic) bond motifs is 1. The van der Waals surface area contributed by atoms with Crippen LogP contribution in [-0.2, 0) is 21.4 Å². The van der Waals surface area contributed by atoms with Crippen molar-refractivity contribution in [2.45, 2.75) is 30.4 Å². The summed E-state index contributed by atoms with van der Waals surface area (Å²) in [5, 5.41) is 0.326. The number of ether oxygens (including phenoxy) is 1. The van der Waals surface area contributed by atoms with Gasteiger partial charge in [0, 0.05) is 29.2 Å². The molecule has 0 atom stereocenters. The van der Waals surface area contributed by atoms with Crippen LogP contribution in [0.25, 0.3) is 0 Å². The van der Waals surface area contributed by atoms with Gasteiger partial charge in [0.15, 0.2) is 0 Å². The van der Waals surface area contributed by atoms with Crippen molar-refractivity contribution in [3.63, 3.8) is 0 Å². The van der Waals surface area contributed by atoms with Gasteiger partial charge in [-0.3, -0.25) is 4.90 Å². The number of hydrogen-bond donors (Lipinski definition) is 0. The number of anilines is 1. The van der Waals surface area contributed by atoms with E-state index in [1.165, 1.54) is 16.4 Å². The molecule has 0 N–H and O–H groups in total. The smallest absolute Gasteiger partial charge is 0.414 e. The maximum atomic E-state index is 13.1. The number of nitrogens with zero attached hydrogens (tertiary/aromatic N) is 2. The monoisotopic (exact) mass is 552 g/mol. The van der Waals surface area contributed by atoms with Crippen molar-refractivity contribution in [3.8, 4) is 0 Å². The zero-order valence-corrected chi connectivity index (χ0v) is 20.1. The highest BCUT2D eigenvalue weighted by Gasteiger charge is 2.37. The van der Waals surface area contributed by atoms with Crippen LogP contribution >= 0.6 is 50.7 Å². The van der Waals surface area contributed by atoms with Crippen molar-refractivity contribution in [1.82, 2.24) is 4.31 Å². The number of halogens is 4. The Morgan fingerprint density at radius 1 is 1.00 bits per heavy atom. The van der Waals surface area contributed by atoms with Crippen molar-refractivity contribution in [2.75, 3.05) is 18.0 Å². The van der Waals surface area contributed by atoms with E-state index >= 15 is 0 Å². The van der Waals surface area contributed by atoms with Gasteiger partial charge < -0.3 is 4.74 Å². The molecule has 0 saturated carbocycles. The molecular weight excluding hydrogens is 539 g/mol. The molecule has 160 valence electrons. The van der Waals surface area contributed by atoms with Gasteiger partial charge in [-0.1, -0.05) is 50.7 Å².